The molecule has 0 unspecified atom stereocenters. The predicted molar refractivity (Wildman–Crippen MR) is 81.2 cm³/mol. The van der Waals surface area contributed by atoms with Gasteiger partial charge in [0.1, 0.15) is 0 Å². The highest BCUT2D eigenvalue weighted by Crippen LogP contribution is 2.22. The average molecular weight is 277 g/mol. The van der Waals surface area contributed by atoms with E-state index >= 15 is 0 Å². The Hall–Kier alpha value is -2.62. The molecule has 1 aromatic heterocycles. The van der Waals surface area contributed by atoms with E-state index in [9.17, 15) is 4.79 Å². The summed E-state index contributed by atoms with van der Waals surface area (Å²) in [5, 5.41) is 11.0. The maximum atomic E-state index is 12.4. The van der Waals surface area contributed by atoms with E-state index in [1.165, 1.54) is 11.1 Å². The van der Waals surface area contributed by atoms with Crippen molar-refractivity contribution in [3.05, 3.63) is 65.4 Å². The van der Waals surface area contributed by atoms with Gasteiger partial charge in [0.25, 0.3) is 5.91 Å². The molecule has 1 aliphatic carbocycles. The fourth-order valence-corrected chi connectivity index (χ4v) is 3.01. The van der Waals surface area contributed by atoms with Gasteiger partial charge < -0.3 is 5.32 Å². The van der Waals surface area contributed by atoms with Crippen LogP contribution in [0.15, 0.2) is 48.7 Å². The number of nitrogens with one attached hydrogen (secondary N) is 2. The fourth-order valence-electron chi connectivity index (χ4n) is 3.01. The first-order chi connectivity index (χ1) is 10.3. The maximum Gasteiger partial charge on any atom is 0.251 e. The molecule has 1 amide bonds. The minimum absolute atomic E-state index is 0.0238. The number of hydrogen-bond acceptors (Lipinski definition) is 2. The number of amides is 1. The maximum absolute atomic E-state index is 12.4. The number of H-pyrrole nitrogens is 1. The van der Waals surface area contributed by atoms with Crippen LogP contribution in [0.25, 0.3) is 10.9 Å². The van der Waals surface area contributed by atoms with Crippen molar-refractivity contribution in [1.82, 2.24) is 15.5 Å². The highest BCUT2D eigenvalue weighted by Gasteiger charge is 2.22. The topological polar surface area (TPSA) is 57.8 Å². The van der Waals surface area contributed by atoms with Crippen LogP contribution < -0.4 is 5.32 Å². The largest absolute Gasteiger partial charge is 0.349 e. The summed E-state index contributed by atoms with van der Waals surface area (Å²) in [7, 11) is 0. The zero-order valence-electron chi connectivity index (χ0n) is 11.5. The minimum atomic E-state index is -0.0238. The Morgan fingerprint density at radius 3 is 2.67 bits per heavy atom. The average Bonchev–Trinajstić information content (AvgIpc) is 3.11. The summed E-state index contributed by atoms with van der Waals surface area (Å²) < 4.78 is 0. The number of hydrogen-bond donors (Lipinski definition) is 2. The normalized spacial score (nSPS) is 14.3. The van der Waals surface area contributed by atoms with Crippen LogP contribution in [0.5, 0.6) is 0 Å². The van der Waals surface area contributed by atoms with Crippen LogP contribution in [0, 0.1) is 0 Å². The summed E-state index contributed by atoms with van der Waals surface area (Å²) in [6.45, 7) is 0. The Kier molecular flexibility index (Phi) is 2.74. The Morgan fingerprint density at radius 2 is 1.90 bits per heavy atom. The van der Waals surface area contributed by atoms with Crippen molar-refractivity contribution in [2.75, 3.05) is 0 Å². The summed E-state index contributed by atoms with van der Waals surface area (Å²) in [4.78, 5) is 12.4. The quantitative estimate of drug-likeness (QED) is 0.756. The molecule has 104 valence electrons. The van der Waals surface area contributed by atoms with E-state index in [2.05, 4.69) is 39.8 Å². The van der Waals surface area contributed by atoms with E-state index in [1.807, 2.05) is 18.2 Å². The number of aromatic amines is 1. The van der Waals surface area contributed by atoms with Crippen LogP contribution >= 0.6 is 0 Å². The Labute approximate surface area is 122 Å². The Balaban J connectivity index is 1.51. The summed E-state index contributed by atoms with van der Waals surface area (Å²) in [5.74, 6) is -0.0238. The SMILES string of the molecule is O=C(NC1Cc2ccccc2C1)c1ccc2cn[nH]c2c1. The lowest BCUT2D eigenvalue weighted by Gasteiger charge is -2.12. The van der Waals surface area contributed by atoms with Gasteiger partial charge in [-0.2, -0.15) is 5.10 Å². The summed E-state index contributed by atoms with van der Waals surface area (Å²) in [5.41, 5.74) is 4.23. The third kappa shape index (κ3) is 2.18. The van der Waals surface area contributed by atoms with Crippen molar-refractivity contribution in [3.8, 4) is 0 Å². The first-order valence-corrected chi connectivity index (χ1v) is 7.10. The van der Waals surface area contributed by atoms with Crippen molar-refractivity contribution in [1.29, 1.82) is 0 Å². The molecular weight excluding hydrogens is 262 g/mol. The van der Waals surface area contributed by atoms with Crippen molar-refractivity contribution in [2.24, 2.45) is 0 Å². The molecule has 4 heteroatoms. The van der Waals surface area contributed by atoms with Gasteiger partial charge in [-0.3, -0.25) is 9.89 Å². The molecule has 0 aliphatic heterocycles. The van der Waals surface area contributed by atoms with Crippen molar-refractivity contribution in [3.63, 3.8) is 0 Å². The second kappa shape index (κ2) is 4.74. The number of aromatic nitrogens is 2. The molecule has 1 heterocycles. The van der Waals surface area contributed by atoms with Crippen LogP contribution in [0.3, 0.4) is 0 Å². The molecule has 2 aromatic carbocycles. The zero-order valence-corrected chi connectivity index (χ0v) is 11.5. The summed E-state index contributed by atoms with van der Waals surface area (Å²) >= 11 is 0. The molecule has 0 saturated carbocycles. The second-order valence-electron chi connectivity index (χ2n) is 5.52. The molecule has 3 aromatic rings. The number of benzene rings is 2. The van der Waals surface area contributed by atoms with Gasteiger partial charge in [-0.25, -0.2) is 0 Å². The number of carbonyl (C=O) groups excluding carboxylic acids is 1. The predicted octanol–water partition coefficient (Wildman–Crippen LogP) is 2.46. The van der Waals surface area contributed by atoms with Crippen LogP contribution in [0.1, 0.15) is 21.5 Å². The van der Waals surface area contributed by atoms with Gasteiger partial charge in [0.05, 0.1) is 11.7 Å². The number of nitrogens with zero attached hydrogens (tertiary/aromatic N) is 1. The van der Waals surface area contributed by atoms with Gasteiger partial charge in [0.2, 0.25) is 0 Å². The lowest BCUT2D eigenvalue weighted by molar-refractivity contribution is 0.0938. The molecule has 4 nitrogen and oxygen atoms in total. The number of fused-ring (bicyclic) bond motifs is 2. The highest BCUT2D eigenvalue weighted by atomic mass is 16.1. The summed E-state index contributed by atoms with van der Waals surface area (Å²) in [6, 6.07) is 14.2. The van der Waals surface area contributed by atoms with Gasteiger partial charge in [-0.1, -0.05) is 30.3 Å². The van der Waals surface area contributed by atoms with E-state index < -0.39 is 0 Å². The first-order valence-electron chi connectivity index (χ1n) is 7.10. The fraction of sp³-hybridized carbons (Fsp3) is 0.176. The number of carbonyl (C=O) groups is 1. The second-order valence-corrected chi connectivity index (χ2v) is 5.52. The van der Waals surface area contributed by atoms with Crippen molar-refractivity contribution >= 4 is 16.8 Å². The molecule has 21 heavy (non-hydrogen) atoms. The standard InChI is InChI=1S/C17H15N3O/c21-17(13-5-6-14-10-18-20-16(14)9-13)19-15-7-11-3-1-2-4-12(11)8-15/h1-6,9-10,15H,7-8H2,(H,18,20)(H,19,21). The van der Waals surface area contributed by atoms with E-state index in [0.717, 1.165) is 23.7 Å². The van der Waals surface area contributed by atoms with Crippen LogP contribution in [-0.2, 0) is 12.8 Å². The minimum Gasteiger partial charge on any atom is -0.349 e. The molecule has 0 atom stereocenters. The Morgan fingerprint density at radius 1 is 1.14 bits per heavy atom. The third-order valence-electron chi connectivity index (χ3n) is 4.09. The van der Waals surface area contributed by atoms with Gasteiger partial charge in [-0.05, 0) is 36.1 Å². The molecule has 0 saturated heterocycles. The van der Waals surface area contributed by atoms with Crippen LogP contribution in [-0.4, -0.2) is 22.1 Å². The van der Waals surface area contributed by atoms with E-state index in [1.54, 1.807) is 6.20 Å². The first kappa shape index (κ1) is 12.1. The zero-order chi connectivity index (χ0) is 14.2. The summed E-state index contributed by atoms with van der Waals surface area (Å²) in [6.07, 6.45) is 3.58. The van der Waals surface area contributed by atoms with Crippen molar-refractivity contribution < 1.29 is 4.79 Å². The van der Waals surface area contributed by atoms with E-state index in [4.69, 9.17) is 0 Å². The highest BCUT2D eigenvalue weighted by molar-refractivity contribution is 5.97. The van der Waals surface area contributed by atoms with Crippen LogP contribution in [0.2, 0.25) is 0 Å². The molecule has 2 N–H and O–H groups in total. The monoisotopic (exact) mass is 277 g/mol. The molecular formula is C17H15N3O. The van der Waals surface area contributed by atoms with Gasteiger partial charge in [0.15, 0.2) is 0 Å². The van der Waals surface area contributed by atoms with Crippen LogP contribution in [0.4, 0.5) is 0 Å². The lowest BCUT2D eigenvalue weighted by Crippen LogP contribution is -2.35. The third-order valence-corrected chi connectivity index (χ3v) is 4.09. The molecule has 0 fully saturated rings. The molecule has 0 radical (unpaired) electrons. The lowest BCUT2D eigenvalue weighted by atomic mass is 10.1. The molecule has 4 rings (SSSR count). The molecule has 0 bridgehead atoms. The molecule has 1 aliphatic rings. The van der Waals surface area contributed by atoms with E-state index in [0.29, 0.717) is 5.56 Å². The van der Waals surface area contributed by atoms with Crippen molar-refractivity contribution in [2.45, 2.75) is 18.9 Å². The molecule has 0 spiro atoms. The van der Waals surface area contributed by atoms with Gasteiger partial charge >= 0.3 is 0 Å². The number of rotatable bonds is 2. The van der Waals surface area contributed by atoms with Gasteiger partial charge in [0, 0.05) is 17.0 Å². The smallest absolute Gasteiger partial charge is 0.251 e. The van der Waals surface area contributed by atoms with E-state index in [-0.39, 0.29) is 11.9 Å². The van der Waals surface area contributed by atoms with Gasteiger partial charge in [-0.15, -0.1) is 0 Å². The Bertz CT molecular complexity index is 797.